The van der Waals surface area contributed by atoms with E-state index in [0.717, 1.165) is 38.4 Å². The van der Waals surface area contributed by atoms with Gasteiger partial charge in [-0.1, -0.05) is 30.3 Å². The number of morpholine rings is 1. The summed E-state index contributed by atoms with van der Waals surface area (Å²) in [5.41, 5.74) is 1.61. The van der Waals surface area contributed by atoms with Crippen LogP contribution in [0, 0.1) is 0 Å². The van der Waals surface area contributed by atoms with Gasteiger partial charge in [-0.25, -0.2) is 4.68 Å². The topological polar surface area (TPSA) is 47.4 Å². The Kier molecular flexibility index (Phi) is 4.43. The Balaban J connectivity index is 1.76. The number of aromatic nitrogens is 2. The van der Waals surface area contributed by atoms with Crippen LogP contribution < -0.4 is 5.56 Å². The van der Waals surface area contributed by atoms with Crippen molar-refractivity contribution < 1.29 is 4.74 Å². The molecule has 0 spiro atoms. The third-order valence-corrected chi connectivity index (χ3v) is 3.73. The summed E-state index contributed by atoms with van der Waals surface area (Å²) in [5, 5.41) is 4.20. The van der Waals surface area contributed by atoms with E-state index in [0.29, 0.717) is 12.1 Å². The smallest absolute Gasteiger partial charge is 0.274 e. The standard InChI is InChI=1S/C16H19N3O2/c20-16-15(14-4-2-1-3-5-14)6-7-17-19(16)9-8-18-10-12-21-13-11-18/h1-7H,8-13H2. The van der Waals surface area contributed by atoms with Crippen molar-refractivity contribution in [2.24, 2.45) is 0 Å². The maximum Gasteiger partial charge on any atom is 0.274 e. The summed E-state index contributed by atoms with van der Waals surface area (Å²) >= 11 is 0. The maximum absolute atomic E-state index is 12.5. The van der Waals surface area contributed by atoms with Crippen LogP contribution in [-0.2, 0) is 11.3 Å². The molecule has 1 aliphatic rings. The van der Waals surface area contributed by atoms with E-state index in [9.17, 15) is 4.79 Å². The first-order valence-electron chi connectivity index (χ1n) is 7.26. The molecule has 0 unspecified atom stereocenters. The van der Waals surface area contributed by atoms with Crippen LogP contribution in [0.4, 0.5) is 0 Å². The number of ether oxygens (including phenoxy) is 1. The minimum Gasteiger partial charge on any atom is -0.379 e. The molecule has 5 heteroatoms. The molecule has 21 heavy (non-hydrogen) atoms. The van der Waals surface area contributed by atoms with E-state index < -0.39 is 0 Å². The summed E-state index contributed by atoms with van der Waals surface area (Å²) in [6.45, 7) is 4.83. The summed E-state index contributed by atoms with van der Waals surface area (Å²) in [4.78, 5) is 14.8. The number of hydrogen-bond acceptors (Lipinski definition) is 4. The fourth-order valence-electron chi connectivity index (χ4n) is 2.51. The van der Waals surface area contributed by atoms with Gasteiger partial charge in [0.2, 0.25) is 0 Å². The minimum absolute atomic E-state index is 0.0306. The molecule has 1 saturated heterocycles. The number of hydrogen-bond donors (Lipinski definition) is 0. The lowest BCUT2D eigenvalue weighted by molar-refractivity contribution is 0.0358. The molecule has 2 aromatic rings. The normalized spacial score (nSPS) is 16.0. The highest BCUT2D eigenvalue weighted by Gasteiger charge is 2.11. The molecule has 0 bridgehead atoms. The molecule has 0 radical (unpaired) electrons. The van der Waals surface area contributed by atoms with E-state index >= 15 is 0 Å². The minimum atomic E-state index is -0.0306. The lowest BCUT2D eigenvalue weighted by atomic mass is 10.1. The van der Waals surface area contributed by atoms with Gasteiger partial charge >= 0.3 is 0 Å². The van der Waals surface area contributed by atoms with Crippen LogP contribution >= 0.6 is 0 Å². The molecule has 1 aromatic heterocycles. The molecule has 0 atom stereocenters. The summed E-state index contributed by atoms with van der Waals surface area (Å²) in [6.07, 6.45) is 1.70. The highest BCUT2D eigenvalue weighted by atomic mass is 16.5. The second-order valence-electron chi connectivity index (χ2n) is 5.09. The quantitative estimate of drug-likeness (QED) is 0.848. The molecule has 0 saturated carbocycles. The van der Waals surface area contributed by atoms with Crippen molar-refractivity contribution in [3.05, 3.63) is 52.9 Å². The largest absolute Gasteiger partial charge is 0.379 e. The van der Waals surface area contributed by atoms with Gasteiger partial charge in [0.1, 0.15) is 0 Å². The van der Waals surface area contributed by atoms with Gasteiger partial charge in [0.25, 0.3) is 5.56 Å². The predicted octanol–water partition coefficient (Wildman–Crippen LogP) is 1.24. The third-order valence-electron chi connectivity index (χ3n) is 3.73. The summed E-state index contributed by atoms with van der Waals surface area (Å²) < 4.78 is 6.88. The van der Waals surface area contributed by atoms with Crippen molar-refractivity contribution in [3.63, 3.8) is 0 Å². The van der Waals surface area contributed by atoms with E-state index in [1.165, 1.54) is 0 Å². The molecule has 3 rings (SSSR count). The zero-order valence-corrected chi connectivity index (χ0v) is 11.9. The Hall–Kier alpha value is -1.98. The van der Waals surface area contributed by atoms with Crippen LogP contribution in [0.1, 0.15) is 0 Å². The van der Waals surface area contributed by atoms with Gasteiger partial charge in [-0.2, -0.15) is 5.10 Å². The first kappa shape index (κ1) is 14.0. The van der Waals surface area contributed by atoms with E-state index in [1.807, 2.05) is 30.3 Å². The molecule has 2 heterocycles. The average Bonchev–Trinajstić information content (AvgIpc) is 2.56. The predicted molar refractivity (Wildman–Crippen MR) is 81.2 cm³/mol. The van der Waals surface area contributed by atoms with Crippen molar-refractivity contribution in [2.45, 2.75) is 6.54 Å². The lowest BCUT2D eigenvalue weighted by Gasteiger charge is -2.26. The Morgan fingerprint density at radius 3 is 2.57 bits per heavy atom. The van der Waals surface area contributed by atoms with Crippen LogP contribution in [0.2, 0.25) is 0 Å². The van der Waals surface area contributed by atoms with Crippen molar-refractivity contribution in [3.8, 4) is 11.1 Å². The van der Waals surface area contributed by atoms with Gasteiger partial charge in [0.05, 0.1) is 25.3 Å². The molecule has 0 amide bonds. The molecule has 0 N–H and O–H groups in total. The second kappa shape index (κ2) is 6.65. The molecular weight excluding hydrogens is 266 g/mol. The Morgan fingerprint density at radius 1 is 1.05 bits per heavy atom. The molecule has 5 nitrogen and oxygen atoms in total. The van der Waals surface area contributed by atoms with Crippen LogP contribution in [0.3, 0.4) is 0 Å². The van der Waals surface area contributed by atoms with Crippen molar-refractivity contribution in [2.75, 3.05) is 32.8 Å². The SMILES string of the molecule is O=c1c(-c2ccccc2)ccnn1CCN1CCOCC1. The summed E-state index contributed by atoms with van der Waals surface area (Å²) in [5.74, 6) is 0. The molecule has 0 aliphatic carbocycles. The van der Waals surface area contributed by atoms with Gasteiger partial charge in [-0.05, 0) is 11.6 Å². The highest BCUT2D eigenvalue weighted by Crippen LogP contribution is 2.13. The molecule has 1 fully saturated rings. The van der Waals surface area contributed by atoms with Gasteiger partial charge in [-0.3, -0.25) is 9.69 Å². The van der Waals surface area contributed by atoms with E-state index in [-0.39, 0.29) is 5.56 Å². The Morgan fingerprint density at radius 2 is 1.81 bits per heavy atom. The van der Waals surface area contributed by atoms with Crippen molar-refractivity contribution in [1.29, 1.82) is 0 Å². The Bertz CT molecular complexity index is 633. The fourth-order valence-corrected chi connectivity index (χ4v) is 2.51. The first-order chi connectivity index (χ1) is 10.3. The zero-order chi connectivity index (χ0) is 14.5. The van der Waals surface area contributed by atoms with Crippen LogP contribution in [0.5, 0.6) is 0 Å². The van der Waals surface area contributed by atoms with E-state index in [1.54, 1.807) is 16.9 Å². The molecular formula is C16H19N3O2. The van der Waals surface area contributed by atoms with Crippen LogP contribution in [0.25, 0.3) is 11.1 Å². The van der Waals surface area contributed by atoms with Crippen molar-refractivity contribution in [1.82, 2.24) is 14.7 Å². The monoisotopic (exact) mass is 285 g/mol. The number of nitrogens with zero attached hydrogens (tertiary/aromatic N) is 3. The average molecular weight is 285 g/mol. The van der Waals surface area contributed by atoms with Gasteiger partial charge in [0.15, 0.2) is 0 Å². The second-order valence-corrected chi connectivity index (χ2v) is 5.09. The van der Waals surface area contributed by atoms with Crippen molar-refractivity contribution >= 4 is 0 Å². The number of benzene rings is 1. The lowest BCUT2D eigenvalue weighted by Crippen LogP contribution is -2.39. The van der Waals surface area contributed by atoms with Gasteiger partial charge in [0, 0.05) is 25.8 Å². The first-order valence-corrected chi connectivity index (χ1v) is 7.26. The Labute approximate surface area is 123 Å². The summed E-state index contributed by atoms with van der Waals surface area (Å²) in [7, 11) is 0. The summed E-state index contributed by atoms with van der Waals surface area (Å²) in [6, 6.07) is 11.5. The highest BCUT2D eigenvalue weighted by molar-refractivity contribution is 5.61. The van der Waals surface area contributed by atoms with Crippen LogP contribution in [0.15, 0.2) is 47.4 Å². The molecule has 110 valence electrons. The zero-order valence-electron chi connectivity index (χ0n) is 11.9. The van der Waals surface area contributed by atoms with E-state index in [4.69, 9.17) is 4.74 Å². The number of rotatable bonds is 4. The van der Waals surface area contributed by atoms with Gasteiger partial charge in [-0.15, -0.1) is 0 Å². The fraction of sp³-hybridized carbons (Fsp3) is 0.375. The van der Waals surface area contributed by atoms with Crippen LogP contribution in [-0.4, -0.2) is 47.5 Å². The van der Waals surface area contributed by atoms with Gasteiger partial charge < -0.3 is 4.74 Å². The maximum atomic E-state index is 12.5. The molecule has 1 aliphatic heterocycles. The third kappa shape index (κ3) is 3.37. The molecule has 1 aromatic carbocycles. The van der Waals surface area contributed by atoms with E-state index in [2.05, 4.69) is 10.00 Å².